The third kappa shape index (κ3) is 3.41. The number of aromatic nitrogens is 1. The molecule has 0 fully saturated rings. The number of carbonyl (C=O) groups excluding carboxylic acids is 1. The van der Waals surface area contributed by atoms with Crippen molar-refractivity contribution in [1.82, 2.24) is 5.16 Å². The summed E-state index contributed by atoms with van der Waals surface area (Å²) >= 11 is 0. The Hall–Kier alpha value is -2.77. The number of hydrogen-bond donors (Lipinski definition) is 2. The number of nitrogens with one attached hydrogen (secondary N) is 2. The molecule has 1 heterocycles. The fourth-order valence-electron chi connectivity index (χ4n) is 1.65. The zero-order valence-corrected chi connectivity index (χ0v) is 11.7. The number of hydrogen-bond acceptors (Lipinski definition) is 5. The Labute approximate surface area is 120 Å². The molecular weight excluding hydrogens is 281 g/mol. The number of benzene rings is 1. The molecule has 0 saturated carbocycles. The molecule has 8 heteroatoms. The van der Waals surface area contributed by atoms with Gasteiger partial charge < -0.3 is 19.3 Å². The number of methoxy groups -OCH3 is 2. The Balaban J connectivity index is 2.14. The van der Waals surface area contributed by atoms with Gasteiger partial charge in [0.25, 0.3) is 0 Å². The fourth-order valence-corrected chi connectivity index (χ4v) is 1.65. The molecule has 2 amide bonds. The summed E-state index contributed by atoms with van der Waals surface area (Å²) in [4.78, 5) is 11.8. The first-order valence-electron chi connectivity index (χ1n) is 5.96. The molecule has 0 aliphatic carbocycles. The lowest BCUT2D eigenvalue weighted by molar-refractivity contribution is 0.261. The van der Waals surface area contributed by atoms with Crippen LogP contribution in [0.1, 0.15) is 5.76 Å². The van der Waals surface area contributed by atoms with Gasteiger partial charge in [-0.2, -0.15) is 0 Å². The number of halogens is 1. The van der Waals surface area contributed by atoms with Gasteiger partial charge in [0.2, 0.25) is 0 Å². The van der Waals surface area contributed by atoms with Crippen molar-refractivity contribution in [3.8, 4) is 11.5 Å². The first-order valence-corrected chi connectivity index (χ1v) is 5.96. The van der Waals surface area contributed by atoms with E-state index in [1.54, 1.807) is 13.0 Å². The van der Waals surface area contributed by atoms with Crippen molar-refractivity contribution in [1.29, 1.82) is 0 Å². The lowest BCUT2D eigenvalue weighted by Crippen LogP contribution is -2.20. The van der Waals surface area contributed by atoms with Crippen LogP contribution in [0.3, 0.4) is 0 Å². The normalized spacial score (nSPS) is 10.1. The quantitative estimate of drug-likeness (QED) is 0.905. The van der Waals surface area contributed by atoms with Crippen LogP contribution in [0.15, 0.2) is 22.7 Å². The molecule has 7 nitrogen and oxygen atoms in total. The molecule has 2 aromatic rings. The lowest BCUT2D eigenvalue weighted by Gasteiger charge is -2.12. The lowest BCUT2D eigenvalue weighted by atomic mass is 10.2. The molecule has 0 bridgehead atoms. The van der Waals surface area contributed by atoms with Gasteiger partial charge in [-0.15, -0.1) is 0 Å². The van der Waals surface area contributed by atoms with Gasteiger partial charge in [0, 0.05) is 18.2 Å². The first-order chi connectivity index (χ1) is 10.0. The maximum Gasteiger partial charge on any atom is 0.325 e. The molecule has 2 N–H and O–H groups in total. The van der Waals surface area contributed by atoms with Crippen LogP contribution in [0.4, 0.5) is 20.7 Å². The van der Waals surface area contributed by atoms with E-state index in [9.17, 15) is 9.18 Å². The highest BCUT2D eigenvalue weighted by Gasteiger charge is 2.14. The van der Waals surface area contributed by atoms with Gasteiger partial charge in [-0.05, 0) is 6.92 Å². The first kappa shape index (κ1) is 14.6. The van der Waals surface area contributed by atoms with Gasteiger partial charge in [-0.25, -0.2) is 9.18 Å². The standard InChI is InChI=1S/C13H14FN3O4/c1-7-4-12(17-21-7)16-13(18)15-9-5-8(14)10(19-2)6-11(9)20-3/h4-6H,1-3H3,(H2,15,16,17,18). The summed E-state index contributed by atoms with van der Waals surface area (Å²) in [7, 11) is 2.74. The highest BCUT2D eigenvalue weighted by Crippen LogP contribution is 2.31. The van der Waals surface area contributed by atoms with E-state index in [2.05, 4.69) is 15.8 Å². The average Bonchev–Trinajstić information content (AvgIpc) is 2.84. The van der Waals surface area contributed by atoms with Crippen LogP contribution >= 0.6 is 0 Å². The smallest absolute Gasteiger partial charge is 0.325 e. The summed E-state index contributed by atoms with van der Waals surface area (Å²) in [6, 6.07) is 3.38. The number of anilines is 2. The minimum atomic E-state index is -0.620. The molecule has 1 aromatic carbocycles. The fraction of sp³-hybridized carbons (Fsp3) is 0.231. The Kier molecular flexibility index (Phi) is 4.27. The molecule has 1 aromatic heterocycles. The number of aryl methyl sites for hydroxylation is 1. The van der Waals surface area contributed by atoms with Gasteiger partial charge in [0.1, 0.15) is 11.5 Å². The predicted molar refractivity (Wildman–Crippen MR) is 73.4 cm³/mol. The Morgan fingerprint density at radius 2 is 1.90 bits per heavy atom. The number of nitrogens with zero attached hydrogens (tertiary/aromatic N) is 1. The van der Waals surface area contributed by atoms with E-state index in [4.69, 9.17) is 14.0 Å². The topological polar surface area (TPSA) is 85.6 Å². The molecule has 0 atom stereocenters. The molecule has 0 spiro atoms. The van der Waals surface area contributed by atoms with Gasteiger partial charge in [0.15, 0.2) is 17.4 Å². The molecule has 0 saturated heterocycles. The maximum absolute atomic E-state index is 13.7. The number of ether oxygens (including phenoxy) is 2. The number of carbonyl (C=O) groups is 1. The van der Waals surface area contributed by atoms with Crippen molar-refractivity contribution < 1.29 is 23.2 Å². The molecule has 21 heavy (non-hydrogen) atoms. The number of amides is 2. The molecule has 2 rings (SSSR count). The molecule has 0 aliphatic heterocycles. The zero-order valence-electron chi connectivity index (χ0n) is 11.7. The number of rotatable bonds is 4. The SMILES string of the molecule is COc1cc(OC)c(NC(=O)Nc2cc(C)on2)cc1F. The minimum absolute atomic E-state index is 0.0185. The third-order valence-corrected chi connectivity index (χ3v) is 2.59. The van der Waals surface area contributed by atoms with E-state index < -0.39 is 11.8 Å². The molecular formula is C13H14FN3O4. The highest BCUT2D eigenvalue weighted by atomic mass is 19.1. The predicted octanol–water partition coefficient (Wildman–Crippen LogP) is 2.78. The van der Waals surface area contributed by atoms with Crippen molar-refractivity contribution in [2.45, 2.75) is 6.92 Å². The van der Waals surface area contributed by atoms with E-state index in [1.807, 2.05) is 0 Å². The monoisotopic (exact) mass is 295 g/mol. The van der Waals surface area contributed by atoms with Gasteiger partial charge in [0.05, 0.1) is 19.9 Å². The van der Waals surface area contributed by atoms with Crippen LogP contribution in [0, 0.1) is 12.7 Å². The molecule has 0 unspecified atom stereocenters. The Morgan fingerprint density at radius 3 is 2.48 bits per heavy atom. The number of urea groups is 1. The van der Waals surface area contributed by atoms with E-state index in [0.717, 1.165) is 6.07 Å². The summed E-state index contributed by atoms with van der Waals surface area (Å²) in [6.07, 6.45) is 0. The van der Waals surface area contributed by atoms with Crippen molar-refractivity contribution in [3.63, 3.8) is 0 Å². The minimum Gasteiger partial charge on any atom is -0.494 e. The Morgan fingerprint density at radius 1 is 1.19 bits per heavy atom. The highest BCUT2D eigenvalue weighted by molar-refractivity contribution is 6.00. The third-order valence-electron chi connectivity index (χ3n) is 2.59. The van der Waals surface area contributed by atoms with E-state index in [0.29, 0.717) is 5.76 Å². The van der Waals surface area contributed by atoms with Gasteiger partial charge in [-0.3, -0.25) is 5.32 Å². The largest absolute Gasteiger partial charge is 0.494 e. The van der Waals surface area contributed by atoms with E-state index >= 15 is 0 Å². The zero-order chi connectivity index (χ0) is 15.4. The van der Waals surface area contributed by atoms with Gasteiger partial charge >= 0.3 is 6.03 Å². The average molecular weight is 295 g/mol. The van der Waals surface area contributed by atoms with E-state index in [-0.39, 0.29) is 23.0 Å². The summed E-state index contributed by atoms with van der Waals surface area (Å²) in [5, 5.41) is 8.52. The summed E-state index contributed by atoms with van der Waals surface area (Å²) in [6.45, 7) is 1.69. The molecule has 0 aliphatic rings. The second-order valence-corrected chi connectivity index (χ2v) is 4.09. The second-order valence-electron chi connectivity index (χ2n) is 4.09. The van der Waals surface area contributed by atoms with Crippen LogP contribution in [0.5, 0.6) is 11.5 Å². The Bertz CT molecular complexity index is 657. The van der Waals surface area contributed by atoms with Crippen LogP contribution in [0.25, 0.3) is 0 Å². The second kappa shape index (κ2) is 6.12. The summed E-state index contributed by atoms with van der Waals surface area (Å²) in [5.41, 5.74) is 0.161. The van der Waals surface area contributed by atoms with Crippen molar-refractivity contribution in [2.24, 2.45) is 0 Å². The van der Waals surface area contributed by atoms with Gasteiger partial charge in [-0.1, -0.05) is 5.16 Å². The van der Waals surface area contributed by atoms with Crippen molar-refractivity contribution in [3.05, 3.63) is 29.8 Å². The molecule has 112 valence electrons. The molecule has 0 radical (unpaired) electrons. The van der Waals surface area contributed by atoms with Crippen molar-refractivity contribution >= 4 is 17.5 Å². The van der Waals surface area contributed by atoms with Crippen LogP contribution in [-0.2, 0) is 0 Å². The summed E-state index contributed by atoms with van der Waals surface area (Å²) < 4.78 is 28.4. The maximum atomic E-state index is 13.7. The van der Waals surface area contributed by atoms with Crippen LogP contribution in [0.2, 0.25) is 0 Å². The summed E-state index contributed by atoms with van der Waals surface area (Å²) in [5.74, 6) is 0.465. The van der Waals surface area contributed by atoms with Crippen LogP contribution < -0.4 is 20.1 Å². The van der Waals surface area contributed by atoms with Crippen LogP contribution in [-0.4, -0.2) is 25.4 Å². The van der Waals surface area contributed by atoms with Crippen molar-refractivity contribution in [2.75, 3.05) is 24.9 Å². The van der Waals surface area contributed by atoms with E-state index in [1.165, 1.54) is 20.3 Å².